The molecule has 1 fully saturated rings. The van der Waals surface area contributed by atoms with Crippen LogP contribution in [0.15, 0.2) is 18.2 Å². The van der Waals surface area contributed by atoms with Gasteiger partial charge in [-0.2, -0.15) is 13.2 Å². The molecular weight excluding hydrogens is 262 g/mol. The quantitative estimate of drug-likeness (QED) is 0.680. The summed E-state index contributed by atoms with van der Waals surface area (Å²) in [5, 5.41) is 0. The van der Waals surface area contributed by atoms with E-state index >= 15 is 0 Å². The Kier molecular flexibility index (Phi) is 3.38. The van der Waals surface area contributed by atoms with Gasteiger partial charge in [0, 0.05) is 17.5 Å². The molecule has 2 nitrogen and oxygen atoms in total. The Balaban J connectivity index is 2.39. The molecule has 0 bridgehead atoms. The van der Waals surface area contributed by atoms with E-state index in [9.17, 15) is 22.4 Å². The van der Waals surface area contributed by atoms with E-state index in [4.69, 9.17) is 5.73 Å². The third kappa shape index (κ3) is 2.36. The lowest BCUT2D eigenvalue weighted by atomic mass is 9.64. The minimum Gasteiger partial charge on any atom is -0.329 e. The number of alkyl halides is 3. The highest BCUT2D eigenvalue weighted by atomic mass is 19.4. The maximum Gasteiger partial charge on any atom is 0.419 e. The zero-order valence-electron chi connectivity index (χ0n) is 10.1. The van der Waals surface area contributed by atoms with Crippen LogP contribution in [0.2, 0.25) is 0 Å². The Morgan fingerprint density at radius 2 is 1.95 bits per heavy atom. The molecule has 0 atom stereocenters. The Morgan fingerprint density at radius 1 is 1.32 bits per heavy atom. The molecule has 6 heteroatoms. The van der Waals surface area contributed by atoms with Crippen LogP contribution in [0.25, 0.3) is 0 Å². The lowest BCUT2D eigenvalue weighted by molar-refractivity contribution is -0.140. The van der Waals surface area contributed by atoms with Gasteiger partial charge in [-0.3, -0.25) is 4.79 Å². The molecule has 104 valence electrons. The van der Waals surface area contributed by atoms with E-state index in [-0.39, 0.29) is 12.1 Å². The van der Waals surface area contributed by atoms with Crippen molar-refractivity contribution in [2.45, 2.75) is 25.4 Å². The number of Topliss-reactive ketones (excluding diaryl/α,β-unsaturated/α-hetero) is 1. The zero-order chi connectivity index (χ0) is 14.3. The fourth-order valence-electron chi connectivity index (χ4n) is 2.32. The summed E-state index contributed by atoms with van der Waals surface area (Å²) in [6, 6.07) is 2.34. The summed E-state index contributed by atoms with van der Waals surface area (Å²) in [5.74, 6) is -1.80. The van der Waals surface area contributed by atoms with Gasteiger partial charge in [0.25, 0.3) is 0 Å². The smallest absolute Gasteiger partial charge is 0.329 e. The summed E-state index contributed by atoms with van der Waals surface area (Å²) < 4.78 is 50.9. The molecule has 1 aliphatic carbocycles. The molecule has 2 rings (SSSR count). The van der Waals surface area contributed by atoms with E-state index in [0.29, 0.717) is 25.0 Å². The number of halogens is 4. The van der Waals surface area contributed by atoms with E-state index in [1.54, 1.807) is 0 Å². The molecule has 0 saturated heterocycles. The van der Waals surface area contributed by atoms with Gasteiger partial charge in [-0.15, -0.1) is 0 Å². The van der Waals surface area contributed by atoms with E-state index in [1.165, 1.54) is 0 Å². The average Bonchev–Trinajstić information content (AvgIpc) is 2.27. The highest BCUT2D eigenvalue weighted by Crippen LogP contribution is 2.43. The highest BCUT2D eigenvalue weighted by molar-refractivity contribution is 6.01. The first-order chi connectivity index (χ1) is 8.80. The number of rotatable bonds is 3. The minimum atomic E-state index is -4.81. The van der Waals surface area contributed by atoms with Crippen molar-refractivity contribution in [1.29, 1.82) is 0 Å². The van der Waals surface area contributed by atoms with Crippen LogP contribution in [0.1, 0.15) is 35.2 Å². The summed E-state index contributed by atoms with van der Waals surface area (Å²) in [5.41, 5.74) is 3.24. The normalized spacial score (nSPS) is 17.9. The second-order valence-electron chi connectivity index (χ2n) is 4.86. The SMILES string of the molecule is NCC1(C(=O)c2ccc(F)c(C(F)(F)F)c2)CCC1. The summed E-state index contributed by atoms with van der Waals surface area (Å²) >= 11 is 0. The van der Waals surface area contributed by atoms with Gasteiger partial charge in [0.2, 0.25) is 0 Å². The maximum atomic E-state index is 13.1. The summed E-state index contributed by atoms with van der Waals surface area (Å²) in [7, 11) is 0. The molecule has 1 aliphatic rings. The molecule has 0 spiro atoms. The molecule has 1 saturated carbocycles. The molecule has 0 aliphatic heterocycles. The van der Waals surface area contributed by atoms with Crippen LogP contribution >= 0.6 is 0 Å². The second kappa shape index (κ2) is 4.59. The Morgan fingerprint density at radius 3 is 2.37 bits per heavy atom. The second-order valence-corrected chi connectivity index (χ2v) is 4.86. The number of benzene rings is 1. The van der Waals surface area contributed by atoms with Gasteiger partial charge in [-0.1, -0.05) is 6.42 Å². The van der Waals surface area contributed by atoms with Crippen molar-refractivity contribution >= 4 is 5.78 Å². The first kappa shape index (κ1) is 14.0. The van der Waals surface area contributed by atoms with Crippen LogP contribution in [0.4, 0.5) is 17.6 Å². The number of hydrogen-bond donors (Lipinski definition) is 1. The molecule has 0 amide bonds. The van der Waals surface area contributed by atoms with E-state index < -0.39 is 28.8 Å². The van der Waals surface area contributed by atoms with Crippen molar-refractivity contribution in [3.05, 3.63) is 35.1 Å². The first-order valence-electron chi connectivity index (χ1n) is 5.92. The summed E-state index contributed by atoms with van der Waals surface area (Å²) in [6.07, 6.45) is -2.84. The van der Waals surface area contributed by atoms with Crippen molar-refractivity contribution in [2.75, 3.05) is 6.54 Å². The fourth-order valence-corrected chi connectivity index (χ4v) is 2.32. The number of nitrogens with two attached hydrogens (primary N) is 1. The predicted octanol–water partition coefficient (Wildman–Crippen LogP) is 3.16. The van der Waals surface area contributed by atoms with E-state index in [2.05, 4.69) is 0 Å². The largest absolute Gasteiger partial charge is 0.419 e. The van der Waals surface area contributed by atoms with Gasteiger partial charge in [0.15, 0.2) is 5.78 Å². The number of hydrogen-bond acceptors (Lipinski definition) is 2. The highest BCUT2D eigenvalue weighted by Gasteiger charge is 2.44. The first-order valence-corrected chi connectivity index (χ1v) is 5.92. The van der Waals surface area contributed by atoms with Gasteiger partial charge < -0.3 is 5.73 Å². The van der Waals surface area contributed by atoms with Gasteiger partial charge in [0.1, 0.15) is 5.82 Å². The third-order valence-electron chi connectivity index (χ3n) is 3.72. The average molecular weight is 275 g/mol. The Labute approximate surface area is 107 Å². The minimum absolute atomic E-state index is 0.102. The van der Waals surface area contributed by atoms with Crippen molar-refractivity contribution in [3.63, 3.8) is 0 Å². The van der Waals surface area contributed by atoms with Crippen molar-refractivity contribution in [1.82, 2.24) is 0 Å². The predicted molar refractivity (Wildman–Crippen MR) is 61.1 cm³/mol. The fraction of sp³-hybridized carbons (Fsp3) is 0.462. The number of carbonyl (C=O) groups is 1. The molecule has 0 radical (unpaired) electrons. The molecule has 0 heterocycles. The van der Waals surface area contributed by atoms with Crippen LogP contribution in [0.5, 0.6) is 0 Å². The van der Waals surface area contributed by atoms with Crippen molar-refractivity contribution < 1.29 is 22.4 Å². The lowest BCUT2D eigenvalue weighted by Gasteiger charge is -2.39. The summed E-state index contributed by atoms with van der Waals surface area (Å²) in [6.45, 7) is 0.102. The molecule has 1 aromatic carbocycles. The number of ketones is 1. The molecule has 0 unspecified atom stereocenters. The van der Waals surface area contributed by atoms with Crippen LogP contribution in [-0.2, 0) is 6.18 Å². The topological polar surface area (TPSA) is 43.1 Å². The number of carbonyl (C=O) groups excluding carboxylic acids is 1. The molecule has 0 aromatic heterocycles. The van der Waals surface area contributed by atoms with E-state index in [0.717, 1.165) is 12.5 Å². The summed E-state index contributed by atoms with van der Waals surface area (Å²) in [4.78, 5) is 12.2. The van der Waals surface area contributed by atoms with E-state index in [1.807, 2.05) is 0 Å². The van der Waals surface area contributed by atoms with Crippen LogP contribution in [-0.4, -0.2) is 12.3 Å². The zero-order valence-corrected chi connectivity index (χ0v) is 10.1. The van der Waals surface area contributed by atoms with Crippen molar-refractivity contribution in [2.24, 2.45) is 11.1 Å². The van der Waals surface area contributed by atoms with Crippen molar-refractivity contribution in [3.8, 4) is 0 Å². The molecule has 19 heavy (non-hydrogen) atoms. The third-order valence-corrected chi connectivity index (χ3v) is 3.72. The monoisotopic (exact) mass is 275 g/mol. The van der Waals surface area contributed by atoms with Crippen LogP contribution in [0, 0.1) is 11.2 Å². The Bertz CT molecular complexity index is 500. The maximum absolute atomic E-state index is 13.1. The van der Waals surface area contributed by atoms with Crippen LogP contribution < -0.4 is 5.73 Å². The van der Waals surface area contributed by atoms with Gasteiger partial charge in [0.05, 0.1) is 5.56 Å². The Hall–Kier alpha value is -1.43. The lowest BCUT2D eigenvalue weighted by Crippen LogP contribution is -2.44. The van der Waals surface area contributed by atoms with Gasteiger partial charge in [-0.05, 0) is 31.0 Å². The molecule has 1 aromatic rings. The molecule has 2 N–H and O–H groups in total. The van der Waals surface area contributed by atoms with Gasteiger partial charge >= 0.3 is 6.18 Å². The van der Waals surface area contributed by atoms with Crippen LogP contribution in [0.3, 0.4) is 0 Å². The standard InChI is InChI=1S/C13H13F4NO/c14-10-3-2-8(6-9(10)13(15,16)17)11(19)12(7-18)4-1-5-12/h2-3,6H,1,4-5,7,18H2. The molecular formula is C13H13F4NO. The van der Waals surface area contributed by atoms with Gasteiger partial charge in [-0.25, -0.2) is 4.39 Å².